The number of hydrogen-bond donors (Lipinski definition) is 1. The van der Waals surface area contributed by atoms with Gasteiger partial charge < -0.3 is 9.84 Å². The van der Waals surface area contributed by atoms with Gasteiger partial charge in [-0.05, 0) is 27.7 Å². The quantitative estimate of drug-likeness (QED) is 0.883. The first kappa shape index (κ1) is 14.5. The van der Waals surface area contributed by atoms with Crippen molar-refractivity contribution in [3.63, 3.8) is 0 Å². The second kappa shape index (κ2) is 5.38. The van der Waals surface area contributed by atoms with Crippen LogP contribution in [0.1, 0.15) is 32.2 Å². The molecule has 2 atom stereocenters. The van der Waals surface area contributed by atoms with Crippen molar-refractivity contribution < 1.29 is 9.84 Å². The average molecular weight is 261 g/mol. The number of halogens is 1. The number of aromatic nitrogens is 2. The van der Waals surface area contributed by atoms with Gasteiger partial charge in [0.25, 0.3) is 0 Å². The van der Waals surface area contributed by atoms with E-state index in [1.807, 2.05) is 25.5 Å². The lowest BCUT2D eigenvalue weighted by Gasteiger charge is -2.29. The molecule has 5 heteroatoms. The molecular formula is C12H21ClN2O2. The summed E-state index contributed by atoms with van der Waals surface area (Å²) in [6, 6.07) is 0. The molecule has 0 amide bonds. The maximum absolute atomic E-state index is 10.4. The molecule has 0 aliphatic carbocycles. The third-order valence-electron chi connectivity index (χ3n) is 3.21. The molecule has 0 fully saturated rings. The number of methoxy groups -OCH3 is 1. The molecule has 1 N–H and O–H groups in total. The molecule has 0 saturated carbocycles. The summed E-state index contributed by atoms with van der Waals surface area (Å²) in [6.45, 7) is 8.20. The summed E-state index contributed by atoms with van der Waals surface area (Å²) in [5, 5.41) is 15.3. The van der Waals surface area contributed by atoms with Crippen LogP contribution < -0.4 is 0 Å². The fraction of sp³-hybridized carbons (Fsp3) is 0.750. The summed E-state index contributed by atoms with van der Waals surface area (Å²) in [4.78, 5) is 0. The van der Waals surface area contributed by atoms with E-state index in [1.54, 1.807) is 14.0 Å². The highest BCUT2D eigenvalue weighted by atomic mass is 35.5. The molecule has 1 rings (SSSR count). The Morgan fingerprint density at radius 1 is 1.59 bits per heavy atom. The Morgan fingerprint density at radius 2 is 2.18 bits per heavy atom. The molecule has 0 radical (unpaired) electrons. The number of aliphatic hydroxyl groups is 1. The van der Waals surface area contributed by atoms with Crippen LogP contribution in [0.25, 0.3) is 0 Å². The van der Waals surface area contributed by atoms with Crippen LogP contribution in [-0.2, 0) is 17.7 Å². The van der Waals surface area contributed by atoms with Crippen molar-refractivity contribution in [1.82, 2.24) is 9.78 Å². The molecular weight excluding hydrogens is 240 g/mol. The maximum Gasteiger partial charge on any atom is 0.0932 e. The van der Waals surface area contributed by atoms with Crippen LogP contribution in [-0.4, -0.2) is 33.7 Å². The number of ether oxygens (including phenoxy) is 1. The molecule has 0 spiro atoms. The molecule has 1 aromatic rings. The number of aryl methyl sites for hydroxylation is 2. The number of rotatable bonds is 5. The van der Waals surface area contributed by atoms with Gasteiger partial charge in [0.1, 0.15) is 0 Å². The topological polar surface area (TPSA) is 47.3 Å². The highest BCUT2D eigenvalue weighted by Gasteiger charge is 2.31. The Hall–Kier alpha value is -0.580. The molecule has 4 nitrogen and oxygen atoms in total. The van der Waals surface area contributed by atoms with Gasteiger partial charge in [0.15, 0.2) is 0 Å². The summed E-state index contributed by atoms with van der Waals surface area (Å²) in [7, 11) is 1.59. The molecule has 0 bridgehead atoms. The van der Waals surface area contributed by atoms with E-state index >= 15 is 0 Å². The third-order valence-corrected chi connectivity index (χ3v) is 3.70. The van der Waals surface area contributed by atoms with E-state index in [0.29, 0.717) is 11.4 Å². The van der Waals surface area contributed by atoms with Crippen molar-refractivity contribution in [2.75, 3.05) is 7.11 Å². The predicted molar refractivity (Wildman–Crippen MR) is 68.4 cm³/mol. The molecule has 1 heterocycles. The predicted octanol–water partition coefficient (Wildman–Crippen LogP) is 2.19. The summed E-state index contributed by atoms with van der Waals surface area (Å²) in [6.07, 6.45) is 0.161. The van der Waals surface area contributed by atoms with E-state index in [4.69, 9.17) is 16.3 Å². The van der Waals surface area contributed by atoms with Crippen LogP contribution in [0.15, 0.2) is 0 Å². The van der Waals surface area contributed by atoms with E-state index in [-0.39, 0.29) is 6.10 Å². The first-order chi connectivity index (χ1) is 7.83. The van der Waals surface area contributed by atoms with E-state index in [2.05, 4.69) is 5.10 Å². The molecule has 98 valence electrons. The fourth-order valence-electron chi connectivity index (χ4n) is 1.77. The van der Waals surface area contributed by atoms with Crippen molar-refractivity contribution in [3.05, 3.63) is 16.4 Å². The van der Waals surface area contributed by atoms with Crippen LogP contribution in [0.2, 0.25) is 5.02 Å². The van der Waals surface area contributed by atoms with Crippen molar-refractivity contribution in [1.29, 1.82) is 0 Å². The SMILES string of the molecule is CCn1nc(C)c(Cl)c1CC(C)(O)C(C)OC. The summed E-state index contributed by atoms with van der Waals surface area (Å²) >= 11 is 6.21. The highest BCUT2D eigenvalue weighted by Crippen LogP contribution is 2.26. The smallest absolute Gasteiger partial charge is 0.0932 e. The minimum absolute atomic E-state index is 0.265. The zero-order valence-electron chi connectivity index (χ0n) is 11.1. The second-order valence-electron chi connectivity index (χ2n) is 4.57. The van der Waals surface area contributed by atoms with E-state index in [1.165, 1.54) is 0 Å². The summed E-state index contributed by atoms with van der Waals surface area (Å²) < 4.78 is 7.01. The molecule has 2 unspecified atom stereocenters. The first-order valence-corrected chi connectivity index (χ1v) is 6.18. The zero-order valence-corrected chi connectivity index (χ0v) is 11.9. The summed E-state index contributed by atoms with van der Waals surface area (Å²) in [5.41, 5.74) is 0.697. The van der Waals surface area contributed by atoms with Gasteiger partial charge in [-0.25, -0.2) is 0 Å². The molecule has 0 aromatic carbocycles. The molecule has 0 aliphatic heterocycles. The Kier molecular flexibility index (Phi) is 4.58. The van der Waals surface area contributed by atoms with Gasteiger partial charge in [-0.3, -0.25) is 4.68 Å². The van der Waals surface area contributed by atoms with Gasteiger partial charge >= 0.3 is 0 Å². The van der Waals surface area contributed by atoms with Crippen molar-refractivity contribution in [3.8, 4) is 0 Å². The average Bonchev–Trinajstić information content (AvgIpc) is 2.55. The Morgan fingerprint density at radius 3 is 2.65 bits per heavy atom. The van der Waals surface area contributed by atoms with E-state index in [0.717, 1.165) is 17.9 Å². The van der Waals surface area contributed by atoms with Gasteiger partial charge in [0.05, 0.1) is 28.1 Å². The minimum Gasteiger partial charge on any atom is -0.387 e. The van der Waals surface area contributed by atoms with Gasteiger partial charge in [0.2, 0.25) is 0 Å². The lowest BCUT2D eigenvalue weighted by atomic mass is 9.94. The van der Waals surface area contributed by atoms with Gasteiger partial charge in [-0.2, -0.15) is 5.10 Å². The van der Waals surface area contributed by atoms with Gasteiger partial charge in [0, 0.05) is 20.1 Å². The van der Waals surface area contributed by atoms with Crippen LogP contribution in [0.4, 0.5) is 0 Å². The number of nitrogens with zero attached hydrogens (tertiary/aromatic N) is 2. The largest absolute Gasteiger partial charge is 0.387 e. The number of hydrogen-bond acceptors (Lipinski definition) is 3. The first-order valence-electron chi connectivity index (χ1n) is 5.80. The van der Waals surface area contributed by atoms with Crippen LogP contribution >= 0.6 is 11.6 Å². The third kappa shape index (κ3) is 3.00. The standard InChI is InChI=1S/C12H21ClN2O2/c1-6-15-10(11(13)8(2)14-15)7-12(4,16)9(3)17-5/h9,16H,6-7H2,1-5H3. The second-order valence-corrected chi connectivity index (χ2v) is 4.95. The Labute approximate surface area is 108 Å². The van der Waals surface area contributed by atoms with Crippen molar-refractivity contribution in [2.24, 2.45) is 0 Å². The fourth-order valence-corrected chi connectivity index (χ4v) is 1.98. The monoisotopic (exact) mass is 260 g/mol. The van der Waals surface area contributed by atoms with Crippen molar-refractivity contribution in [2.45, 2.75) is 52.4 Å². The molecule has 17 heavy (non-hydrogen) atoms. The zero-order chi connectivity index (χ0) is 13.2. The van der Waals surface area contributed by atoms with Crippen LogP contribution in [0.3, 0.4) is 0 Å². The highest BCUT2D eigenvalue weighted by molar-refractivity contribution is 6.31. The van der Waals surface area contributed by atoms with Crippen LogP contribution in [0, 0.1) is 6.92 Å². The lowest BCUT2D eigenvalue weighted by Crippen LogP contribution is -2.41. The lowest BCUT2D eigenvalue weighted by molar-refractivity contribution is -0.0725. The van der Waals surface area contributed by atoms with Crippen LogP contribution in [0.5, 0.6) is 0 Å². The minimum atomic E-state index is -0.961. The Bertz CT molecular complexity index is 388. The summed E-state index contributed by atoms with van der Waals surface area (Å²) in [5.74, 6) is 0. The van der Waals surface area contributed by atoms with Gasteiger partial charge in [-0.15, -0.1) is 0 Å². The maximum atomic E-state index is 10.4. The van der Waals surface area contributed by atoms with Crippen molar-refractivity contribution >= 4 is 11.6 Å². The molecule has 0 saturated heterocycles. The Balaban J connectivity index is 3.02. The normalized spacial score (nSPS) is 16.9. The van der Waals surface area contributed by atoms with E-state index < -0.39 is 5.60 Å². The molecule has 0 aliphatic rings. The molecule has 1 aromatic heterocycles. The van der Waals surface area contributed by atoms with Gasteiger partial charge in [-0.1, -0.05) is 11.6 Å². The van der Waals surface area contributed by atoms with E-state index in [9.17, 15) is 5.11 Å².